The largest absolute Gasteiger partial charge is 0.444 e. The van der Waals surface area contributed by atoms with Gasteiger partial charge >= 0.3 is 6.09 Å². The van der Waals surface area contributed by atoms with Gasteiger partial charge in [-0.3, -0.25) is 4.68 Å². The Hall–Kier alpha value is -1.56. The molecule has 0 radical (unpaired) electrons. The maximum atomic E-state index is 12.2. The molecule has 6 nitrogen and oxygen atoms in total. The molecule has 1 N–H and O–H groups in total. The maximum Gasteiger partial charge on any atom is 0.410 e. The van der Waals surface area contributed by atoms with Crippen LogP contribution in [0.1, 0.15) is 26.5 Å². The molecule has 0 saturated carbocycles. The lowest BCUT2D eigenvalue weighted by Gasteiger charge is -2.27. The smallest absolute Gasteiger partial charge is 0.410 e. The monoisotopic (exact) mass is 267 g/mol. The van der Waals surface area contributed by atoms with Crippen molar-refractivity contribution in [3.63, 3.8) is 0 Å². The molecular weight excluding hydrogens is 246 g/mol. The highest BCUT2D eigenvalue weighted by Gasteiger charge is 2.28. The topological polar surface area (TPSA) is 67.6 Å². The van der Waals surface area contributed by atoms with Gasteiger partial charge in [0.15, 0.2) is 0 Å². The molecule has 0 saturated heterocycles. The second-order valence-electron chi connectivity index (χ2n) is 5.91. The van der Waals surface area contributed by atoms with Crippen molar-refractivity contribution in [2.24, 2.45) is 5.92 Å². The van der Waals surface area contributed by atoms with Crippen molar-refractivity contribution < 1.29 is 14.6 Å². The fraction of sp³-hybridized carbons (Fsp3) is 0.692. The number of aromatic nitrogens is 2. The Morgan fingerprint density at radius 2 is 2.26 bits per heavy atom. The van der Waals surface area contributed by atoms with E-state index in [9.17, 15) is 9.90 Å². The summed E-state index contributed by atoms with van der Waals surface area (Å²) in [6.07, 6.45) is 1.36. The number of amides is 1. The molecule has 0 fully saturated rings. The predicted molar refractivity (Wildman–Crippen MR) is 69.4 cm³/mol. The average Bonchev–Trinajstić information content (AvgIpc) is 2.64. The van der Waals surface area contributed by atoms with Gasteiger partial charge in [0.2, 0.25) is 0 Å². The van der Waals surface area contributed by atoms with Gasteiger partial charge in [0, 0.05) is 31.8 Å². The molecule has 0 aliphatic carbocycles. The molecule has 1 unspecified atom stereocenters. The number of hydrogen-bond acceptors (Lipinski definition) is 4. The fourth-order valence-corrected chi connectivity index (χ4v) is 2.11. The first-order valence-corrected chi connectivity index (χ1v) is 6.48. The van der Waals surface area contributed by atoms with E-state index in [1.807, 2.05) is 31.5 Å². The third kappa shape index (κ3) is 3.47. The van der Waals surface area contributed by atoms with E-state index in [1.165, 1.54) is 0 Å². The van der Waals surface area contributed by atoms with Gasteiger partial charge in [-0.1, -0.05) is 0 Å². The highest BCUT2D eigenvalue weighted by Crippen LogP contribution is 2.18. The Kier molecular flexibility index (Phi) is 3.80. The average molecular weight is 267 g/mol. The molecule has 6 heteroatoms. The van der Waals surface area contributed by atoms with Crippen LogP contribution in [0.4, 0.5) is 4.79 Å². The molecular formula is C13H21N3O3. The Labute approximate surface area is 113 Å². The number of rotatable bonds is 1. The normalized spacial score (nSPS) is 19.8. The lowest BCUT2D eigenvalue weighted by atomic mass is 10.1. The van der Waals surface area contributed by atoms with Gasteiger partial charge in [-0.15, -0.1) is 0 Å². The maximum absolute atomic E-state index is 12.2. The molecule has 1 atom stereocenters. The molecule has 0 bridgehead atoms. The molecule has 2 rings (SSSR count). The Morgan fingerprint density at radius 1 is 1.53 bits per heavy atom. The molecule has 19 heavy (non-hydrogen) atoms. The van der Waals surface area contributed by atoms with Crippen LogP contribution < -0.4 is 0 Å². The highest BCUT2D eigenvalue weighted by molar-refractivity contribution is 5.68. The van der Waals surface area contributed by atoms with Gasteiger partial charge in [0.05, 0.1) is 12.2 Å². The van der Waals surface area contributed by atoms with Crippen molar-refractivity contribution in [1.82, 2.24) is 14.7 Å². The van der Waals surface area contributed by atoms with Crippen molar-refractivity contribution >= 4 is 6.09 Å². The van der Waals surface area contributed by atoms with Crippen molar-refractivity contribution in [2.75, 3.05) is 13.2 Å². The number of aliphatic hydroxyl groups excluding tert-OH is 1. The summed E-state index contributed by atoms with van der Waals surface area (Å²) >= 11 is 0. The number of carbonyl (C=O) groups is 1. The third-order valence-corrected chi connectivity index (χ3v) is 2.98. The summed E-state index contributed by atoms with van der Waals surface area (Å²) in [6, 6.07) is 1.89. The third-order valence-electron chi connectivity index (χ3n) is 2.98. The summed E-state index contributed by atoms with van der Waals surface area (Å²) in [5.41, 5.74) is 0.444. The number of ether oxygens (including phenoxy) is 1. The zero-order valence-electron chi connectivity index (χ0n) is 11.7. The van der Waals surface area contributed by atoms with Gasteiger partial charge < -0.3 is 14.7 Å². The predicted octanol–water partition coefficient (Wildman–Crippen LogP) is 1.24. The summed E-state index contributed by atoms with van der Waals surface area (Å²) < 4.78 is 7.23. The molecule has 1 aromatic heterocycles. The quantitative estimate of drug-likeness (QED) is 0.831. The van der Waals surface area contributed by atoms with Crippen LogP contribution in [0.15, 0.2) is 12.3 Å². The van der Waals surface area contributed by atoms with E-state index in [1.54, 1.807) is 11.1 Å². The van der Waals surface area contributed by atoms with Crippen molar-refractivity contribution in [3.8, 4) is 0 Å². The number of hydrogen-bond donors (Lipinski definition) is 1. The Balaban J connectivity index is 2.15. The van der Waals surface area contributed by atoms with E-state index in [2.05, 4.69) is 5.10 Å². The van der Waals surface area contributed by atoms with E-state index in [4.69, 9.17) is 4.74 Å². The molecule has 1 aromatic rings. The van der Waals surface area contributed by atoms with E-state index in [0.29, 0.717) is 19.6 Å². The van der Waals surface area contributed by atoms with Gasteiger partial charge in [0.25, 0.3) is 0 Å². The summed E-state index contributed by atoms with van der Waals surface area (Å²) in [6.45, 7) is 7.13. The van der Waals surface area contributed by atoms with Crippen LogP contribution in [-0.2, 0) is 17.8 Å². The molecule has 106 valence electrons. The van der Waals surface area contributed by atoms with Crippen molar-refractivity contribution in [2.45, 2.75) is 39.5 Å². The zero-order valence-corrected chi connectivity index (χ0v) is 11.7. The van der Waals surface area contributed by atoms with Crippen LogP contribution in [0.3, 0.4) is 0 Å². The number of nitrogens with zero attached hydrogens (tertiary/aromatic N) is 3. The molecule has 2 heterocycles. The SMILES string of the molecule is CC(C)(C)OC(=O)N1Cc2ccnn2CC(CO)C1. The van der Waals surface area contributed by atoms with E-state index in [-0.39, 0.29) is 18.6 Å². The molecule has 1 amide bonds. The van der Waals surface area contributed by atoms with Crippen LogP contribution >= 0.6 is 0 Å². The second kappa shape index (κ2) is 5.21. The summed E-state index contributed by atoms with van der Waals surface area (Å²) in [5, 5.41) is 13.6. The van der Waals surface area contributed by atoms with Gasteiger partial charge in [-0.05, 0) is 26.8 Å². The summed E-state index contributed by atoms with van der Waals surface area (Å²) in [5.74, 6) is -0.0198. The van der Waals surface area contributed by atoms with E-state index in [0.717, 1.165) is 5.69 Å². The first-order chi connectivity index (χ1) is 8.89. The lowest BCUT2D eigenvalue weighted by molar-refractivity contribution is 0.0191. The minimum Gasteiger partial charge on any atom is -0.444 e. The van der Waals surface area contributed by atoms with E-state index < -0.39 is 5.60 Å². The van der Waals surface area contributed by atoms with Gasteiger partial charge in [-0.25, -0.2) is 4.79 Å². The Bertz CT molecular complexity index is 450. The van der Waals surface area contributed by atoms with Gasteiger partial charge in [-0.2, -0.15) is 5.10 Å². The van der Waals surface area contributed by atoms with Crippen molar-refractivity contribution in [1.29, 1.82) is 0 Å². The first kappa shape index (κ1) is 13.9. The number of fused-ring (bicyclic) bond motifs is 1. The number of carbonyl (C=O) groups excluding carboxylic acids is 1. The highest BCUT2D eigenvalue weighted by atomic mass is 16.6. The number of aliphatic hydroxyl groups is 1. The molecule has 0 spiro atoms. The summed E-state index contributed by atoms with van der Waals surface area (Å²) in [4.78, 5) is 13.8. The van der Waals surface area contributed by atoms with Gasteiger partial charge in [0.1, 0.15) is 5.60 Å². The van der Waals surface area contributed by atoms with Crippen LogP contribution in [0.25, 0.3) is 0 Å². The zero-order chi connectivity index (χ0) is 14.0. The second-order valence-corrected chi connectivity index (χ2v) is 5.91. The van der Waals surface area contributed by atoms with Crippen LogP contribution in [0.2, 0.25) is 0 Å². The van der Waals surface area contributed by atoms with Crippen LogP contribution in [0.5, 0.6) is 0 Å². The minimum absolute atomic E-state index is 0.0198. The molecule has 1 aliphatic heterocycles. The lowest BCUT2D eigenvalue weighted by Crippen LogP contribution is -2.39. The molecule has 0 aromatic carbocycles. The van der Waals surface area contributed by atoms with Crippen molar-refractivity contribution in [3.05, 3.63) is 18.0 Å². The minimum atomic E-state index is -0.516. The Morgan fingerprint density at radius 3 is 2.89 bits per heavy atom. The first-order valence-electron chi connectivity index (χ1n) is 6.48. The standard InChI is InChI=1S/C13H21N3O3/c1-13(2,3)19-12(18)15-6-10(9-17)7-16-11(8-15)4-5-14-16/h4-5,10,17H,6-9H2,1-3H3. The van der Waals surface area contributed by atoms with E-state index >= 15 is 0 Å². The fourth-order valence-electron chi connectivity index (χ4n) is 2.11. The van der Waals surface area contributed by atoms with Crippen LogP contribution in [-0.4, -0.2) is 44.6 Å². The van der Waals surface area contributed by atoms with Crippen LogP contribution in [0, 0.1) is 5.92 Å². The summed E-state index contributed by atoms with van der Waals surface area (Å²) in [7, 11) is 0. The molecule has 1 aliphatic rings.